The van der Waals surface area contributed by atoms with Crippen LogP contribution < -0.4 is 20.5 Å². The number of fused-ring (bicyclic) bond motifs is 1. The Labute approximate surface area is 176 Å². The van der Waals surface area contributed by atoms with E-state index in [1.807, 2.05) is 23.1 Å². The third-order valence-electron chi connectivity index (χ3n) is 5.03. The molecule has 0 bridgehead atoms. The van der Waals surface area contributed by atoms with Gasteiger partial charge in [-0.2, -0.15) is 0 Å². The molecule has 0 atom stereocenters. The molecule has 1 aliphatic rings. The second kappa shape index (κ2) is 9.73. The quantitative estimate of drug-likeness (QED) is 0.571. The Hall–Kier alpha value is -2.91. The SMILES string of the molecule is CNS(=O)(=O)c1ccc(CCC(=O)NNC(=O)CN2CCCc3ccccc32)cc1. The van der Waals surface area contributed by atoms with E-state index in [4.69, 9.17) is 0 Å². The van der Waals surface area contributed by atoms with Crippen molar-refractivity contribution in [3.8, 4) is 0 Å². The number of nitrogens with one attached hydrogen (secondary N) is 3. The van der Waals surface area contributed by atoms with E-state index in [1.165, 1.54) is 24.7 Å². The van der Waals surface area contributed by atoms with Crippen molar-refractivity contribution < 1.29 is 18.0 Å². The van der Waals surface area contributed by atoms with Crippen molar-refractivity contribution in [2.75, 3.05) is 25.0 Å². The molecule has 2 aromatic rings. The van der Waals surface area contributed by atoms with Crippen LogP contribution in [0.1, 0.15) is 24.0 Å². The zero-order valence-corrected chi connectivity index (χ0v) is 17.7. The van der Waals surface area contributed by atoms with Crippen LogP contribution in [0.15, 0.2) is 53.4 Å². The van der Waals surface area contributed by atoms with Gasteiger partial charge in [-0.05, 0) is 55.6 Å². The Morgan fingerprint density at radius 3 is 2.43 bits per heavy atom. The van der Waals surface area contributed by atoms with Gasteiger partial charge in [0.25, 0.3) is 5.91 Å². The fourth-order valence-electron chi connectivity index (χ4n) is 3.40. The number of hydrazine groups is 1. The molecule has 3 N–H and O–H groups in total. The molecule has 2 amide bonds. The minimum Gasteiger partial charge on any atom is -0.362 e. The summed E-state index contributed by atoms with van der Waals surface area (Å²) in [6.07, 6.45) is 2.60. The molecule has 0 unspecified atom stereocenters. The molecule has 0 aliphatic carbocycles. The first-order valence-corrected chi connectivity index (χ1v) is 11.3. The van der Waals surface area contributed by atoms with Crippen LogP contribution in [0, 0.1) is 0 Å². The first kappa shape index (κ1) is 21.8. The monoisotopic (exact) mass is 430 g/mol. The lowest BCUT2D eigenvalue weighted by atomic mass is 10.0. The van der Waals surface area contributed by atoms with Crippen molar-refractivity contribution in [1.82, 2.24) is 15.6 Å². The maximum atomic E-state index is 12.2. The number of sulfonamides is 1. The van der Waals surface area contributed by atoms with Crippen molar-refractivity contribution in [3.05, 3.63) is 59.7 Å². The van der Waals surface area contributed by atoms with Crippen LogP contribution in [0.25, 0.3) is 0 Å². The summed E-state index contributed by atoms with van der Waals surface area (Å²) < 4.78 is 25.7. The lowest BCUT2D eigenvalue weighted by molar-refractivity contribution is -0.128. The predicted molar refractivity (Wildman–Crippen MR) is 114 cm³/mol. The van der Waals surface area contributed by atoms with Crippen molar-refractivity contribution in [3.63, 3.8) is 0 Å². The van der Waals surface area contributed by atoms with E-state index >= 15 is 0 Å². The molecular formula is C21H26N4O4S. The van der Waals surface area contributed by atoms with Gasteiger partial charge in [-0.15, -0.1) is 0 Å². The van der Waals surface area contributed by atoms with Crippen LogP contribution in [-0.2, 0) is 32.5 Å². The van der Waals surface area contributed by atoms with Crippen molar-refractivity contribution in [1.29, 1.82) is 0 Å². The first-order valence-electron chi connectivity index (χ1n) is 9.82. The Morgan fingerprint density at radius 2 is 1.70 bits per heavy atom. The highest BCUT2D eigenvalue weighted by atomic mass is 32.2. The van der Waals surface area contributed by atoms with E-state index in [-0.39, 0.29) is 29.7 Å². The molecule has 1 heterocycles. The Morgan fingerprint density at radius 1 is 1.00 bits per heavy atom. The normalized spacial score (nSPS) is 13.4. The molecule has 0 fully saturated rings. The van der Waals surface area contributed by atoms with Crippen LogP contribution in [0.2, 0.25) is 0 Å². The van der Waals surface area contributed by atoms with Gasteiger partial charge in [-0.25, -0.2) is 13.1 Å². The summed E-state index contributed by atoms with van der Waals surface area (Å²) >= 11 is 0. The number of amides is 2. The maximum absolute atomic E-state index is 12.2. The summed E-state index contributed by atoms with van der Waals surface area (Å²) in [5.41, 5.74) is 8.03. The number of para-hydroxylation sites is 1. The zero-order valence-electron chi connectivity index (χ0n) is 16.8. The minimum absolute atomic E-state index is 0.171. The highest BCUT2D eigenvalue weighted by Crippen LogP contribution is 2.26. The molecular weight excluding hydrogens is 404 g/mol. The summed E-state index contributed by atoms with van der Waals surface area (Å²) in [6, 6.07) is 14.4. The van der Waals surface area contributed by atoms with Gasteiger partial charge in [0.15, 0.2) is 0 Å². The van der Waals surface area contributed by atoms with E-state index in [0.717, 1.165) is 30.6 Å². The third-order valence-corrected chi connectivity index (χ3v) is 6.46. The number of rotatable bonds is 7. The second-order valence-electron chi connectivity index (χ2n) is 7.10. The van der Waals surface area contributed by atoms with Crippen LogP contribution in [0.3, 0.4) is 0 Å². The van der Waals surface area contributed by atoms with Gasteiger partial charge in [-0.1, -0.05) is 30.3 Å². The summed E-state index contributed by atoms with van der Waals surface area (Å²) in [6.45, 7) is 0.982. The molecule has 0 saturated heterocycles. The van der Waals surface area contributed by atoms with Crippen LogP contribution in [-0.4, -0.2) is 40.4 Å². The van der Waals surface area contributed by atoms with Gasteiger partial charge in [0.05, 0.1) is 11.4 Å². The number of hydrogen-bond donors (Lipinski definition) is 3. The van der Waals surface area contributed by atoms with Crippen LogP contribution in [0.5, 0.6) is 0 Å². The molecule has 3 rings (SSSR count). The Bertz CT molecular complexity index is 1010. The second-order valence-corrected chi connectivity index (χ2v) is 8.99. The molecule has 0 spiro atoms. The number of benzene rings is 2. The smallest absolute Gasteiger partial charge is 0.257 e. The number of nitrogens with zero attached hydrogens (tertiary/aromatic N) is 1. The molecule has 9 heteroatoms. The average Bonchev–Trinajstić information content (AvgIpc) is 2.77. The number of carbonyl (C=O) groups excluding carboxylic acids is 2. The summed E-state index contributed by atoms with van der Waals surface area (Å²) in [5, 5.41) is 0. The first-order chi connectivity index (χ1) is 14.4. The highest BCUT2D eigenvalue weighted by Gasteiger charge is 2.18. The van der Waals surface area contributed by atoms with Crippen LogP contribution >= 0.6 is 0 Å². The fraction of sp³-hybridized carbons (Fsp3) is 0.333. The number of anilines is 1. The van der Waals surface area contributed by atoms with Gasteiger partial charge in [-0.3, -0.25) is 20.4 Å². The molecule has 160 valence electrons. The molecule has 8 nitrogen and oxygen atoms in total. The Kier molecular flexibility index (Phi) is 7.07. The van der Waals surface area contributed by atoms with Gasteiger partial charge in [0.1, 0.15) is 0 Å². The predicted octanol–water partition coefficient (Wildman–Crippen LogP) is 1.13. The van der Waals surface area contributed by atoms with Gasteiger partial charge in [0.2, 0.25) is 15.9 Å². The number of aryl methyl sites for hydroxylation is 2. The van der Waals surface area contributed by atoms with Crippen molar-refractivity contribution in [2.24, 2.45) is 0 Å². The summed E-state index contributed by atoms with van der Waals surface area (Å²) in [4.78, 5) is 26.5. The van der Waals surface area contributed by atoms with Gasteiger partial charge < -0.3 is 4.90 Å². The maximum Gasteiger partial charge on any atom is 0.257 e. The van der Waals surface area contributed by atoms with E-state index in [9.17, 15) is 18.0 Å². The molecule has 0 saturated carbocycles. The van der Waals surface area contributed by atoms with E-state index in [1.54, 1.807) is 12.1 Å². The minimum atomic E-state index is -3.48. The summed E-state index contributed by atoms with van der Waals surface area (Å²) in [7, 11) is -2.12. The van der Waals surface area contributed by atoms with E-state index in [0.29, 0.717) is 6.42 Å². The lowest BCUT2D eigenvalue weighted by Gasteiger charge is -2.30. The van der Waals surface area contributed by atoms with Gasteiger partial charge in [0, 0.05) is 18.7 Å². The van der Waals surface area contributed by atoms with Crippen molar-refractivity contribution >= 4 is 27.5 Å². The number of carbonyl (C=O) groups is 2. The largest absolute Gasteiger partial charge is 0.362 e. The fourth-order valence-corrected chi connectivity index (χ4v) is 4.13. The van der Waals surface area contributed by atoms with E-state index in [2.05, 4.69) is 21.6 Å². The number of hydrogen-bond acceptors (Lipinski definition) is 5. The Balaban J connectivity index is 1.43. The molecule has 0 aromatic heterocycles. The van der Waals surface area contributed by atoms with Gasteiger partial charge >= 0.3 is 0 Å². The third kappa shape index (κ3) is 5.58. The average molecular weight is 431 g/mol. The highest BCUT2D eigenvalue weighted by molar-refractivity contribution is 7.89. The molecule has 0 radical (unpaired) electrons. The molecule has 1 aliphatic heterocycles. The topological polar surface area (TPSA) is 108 Å². The van der Waals surface area contributed by atoms with E-state index < -0.39 is 10.0 Å². The zero-order chi connectivity index (χ0) is 21.6. The standard InChI is InChI=1S/C21H26N4O4S/c1-22-30(28,29)18-11-8-16(9-12-18)10-13-20(26)23-24-21(27)15-25-14-4-6-17-5-2-3-7-19(17)25/h2-3,5,7-9,11-12,22H,4,6,10,13-15H2,1H3,(H,23,26)(H,24,27). The summed E-state index contributed by atoms with van der Waals surface area (Å²) in [5.74, 6) is -0.587. The molecule has 2 aromatic carbocycles. The molecule has 30 heavy (non-hydrogen) atoms. The van der Waals surface area contributed by atoms with Crippen molar-refractivity contribution in [2.45, 2.75) is 30.6 Å². The van der Waals surface area contributed by atoms with Crippen LogP contribution in [0.4, 0.5) is 5.69 Å². The lowest BCUT2D eigenvalue weighted by Crippen LogP contribution is -2.47.